The van der Waals surface area contributed by atoms with Gasteiger partial charge in [0.05, 0.1) is 47.4 Å². The molecule has 0 aliphatic rings. The third-order valence-electron chi connectivity index (χ3n) is 8.06. The van der Waals surface area contributed by atoms with Crippen LogP contribution in [0.5, 0.6) is 17.2 Å². The Balaban J connectivity index is 1.15. The average molecular weight is 730 g/mol. The van der Waals surface area contributed by atoms with Gasteiger partial charge in [0.15, 0.2) is 0 Å². The molecule has 6 aromatic rings. The summed E-state index contributed by atoms with van der Waals surface area (Å²) in [5.41, 5.74) is 4.18. The molecule has 0 aliphatic carbocycles. The molecule has 0 N–H and O–H groups in total. The van der Waals surface area contributed by atoms with Crippen LogP contribution in [0.3, 0.4) is 0 Å². The van der Waals surface area contributed by atoms with Crippen LogP contribution in [-0.2, 0) is 9.47 Å². The fourth-order valence-corrected chi connectivity index (χ4v) is 6.23. The highest BCUT2D eigenvalue weighted by molar-refractivity contribution is 7.22. The zero-order chi connectivity index (χ0) is 37.2. The molecule has 1 aromatic heterocycles. The van der Waals surface area contributed by atoms with Gasteiger partial charge in [0.1, 0.15) is 24.0 Å². The number of hydrogen-bond acceptors (Lipinski definition) is 11. The van der Waals surface area contributed by atoms with Gasteiger partial charge in [0, 0.05) is 19.0 Å². The van der Waals surface area contributed by atoms with Gasteiger partial charge in [0.2, 0.25) is 5.13 Å². The number of thiazole rings is 1. The highest BCUT2D eigenvalue weighted by atomic mass is 32.1. The normalized spacial score (nSPS) is 11.2. The number of para-hydroxylation sites is 1. The van der Waals surface area contributed by atoms with E-state index >= 15 is 0 Å². The van der Waals surface area contributed by atoms with E-state index in [2.05, 4.69) is 16.7 Å². The molecule has 0 unspecified atom stereocenters. The molecular weight excluding hydrogens is 691 g/mol. The van der Waals surface area contributed by atoms with Crippen molar-refractivity contribution in [1.29, 1.82) is 0 Å². The SMILES string of the molecule is C=CCOCOCCCOc1ccc(C(=O)Oc2ccc3cc(C(=O)Oc4ccc(C)cc4C)ccc3c2)cc1/C=N/N(C)c1nc2ccccc2s1. The van der Waals surface area contributed by atoms with Crippen LogP contribution in [0.25, 0.3) is 21.0 Å². The van der Waals surface area contributed by atoms with E-state index in [0.29, 0.717) is 60.2 Å². The Bertz CT molecular complexity index is 2250. The van der Waals surface area contributed by atoms with E-state index in [1.807, 2.05) is 57.3 Å². The number of rotatable bonds is 16. The minimum Gasteiger partial charge on any atom is -0.493 e. The molecule has 0 bridgehead atoms. The summed E-state index contributed by atoms with van der Waals surface area (Å²) in [4.78, 5) is 31.0. The zero-order valence-electron chi connectivity index (χ0n) is 29.7. The molecule has 270 valence electrons. The molecule has 0 amide bonds. The standard InChI is InChI=1S/C42H39N3O7S/c1-5-19-48-27-49-20-8-21-50-38-18-15-33(24-34(38)26-43-45(4)42-44-36-9-6-7-10-39(36)53-42)40(46)51-35-16-14-30-23-32(13-12-31(30)25-35)41(47)52-37-17-11-28(2)22-29(37)3/h5-7,9-18,22-26H,1,8,19-21,27H2,2-4H3/b43-26+. The van der Waals surface area contributed by atoms with Gasteiger partial charge in [-0.3, -0.25) is 0 Å². The first-order chi connectivity index (χ1) is 25.8. The van der Waals surface area contributed by atoms with Gasteiger partial charge in [-0.05, 0) is 90.8 Å². The van der Waals surface area contributed by atoms with E-state index in [9.17, 15) is 9.59 Å². The number of carbonyl (C=O) groups is 2. The first kappa shape index (κ1) is 36.9. The first-order valence-electron chi connectivity index (χ1n) is 17.0. The lowest BCUT2D eigenvalue weighted by atomic mass is 10.1. The number of fused-ring (bicyclic) bond motifs is 2. The number of aromatic nitrogens is 1. The largest absolute Gasteiger partial charge is 0.493 e. The van der Waals surface area contributed by atoms with Gasteiger partial charge < -0.3 is 23.7 Å². The molecular formula is C42H39N3O7S. The molecule has 0 fully saturated rings. The fraction of sp³-hybridized carbons (Fsp3) is 0.190. The quantitative estimate of drug-likeness (QED) is 0.0184. The van der Waals surface area contributed by atoms with Crippen LogP contribution in [0, 0.1) is 13.8 Å². The molecule has 6 rings (SSSR count). The van der Waals surface area contributed by atoms with Gasteiger partial charge in [0.25, 0.3) is 0 Å². The molecule has 0 radical (unpaired) electrons. The molecule has 0 spiro atoms. The van der Waals surface area contributed by atoms with E-state index in [-0.39, 0.29) is 6.79 Å². The van der Waals surface area contributed by atoms with Crippen LogP contribution < -0.4 is 19.2 Å². The summed E-state index contributed by atoms with van der Waals surface area (Å²) < 4.78 is 29.3. The Kier molecular flexibility index (Phi) is 12.2. The van der Waals surface area contributed by atoms with Crippen molar-refractivity contribution in [2.24, 2.45) is 5.10 Å². The summed E-state index contributed by atoms with van der Waals surface area (Å²) in [5, 5.41) is 8.61. The summed E-state index contributed by atoms with van der Waals surface area (Å²) in [5.74, 6) is 0.425. The molecule has 0 atom stereocenters. The van der Waals surface area contributed by atoms with E-state index in [1.54, 1.807) is 78.0 Å². The van der Waals surface area contributed by atoms with Crippen LogP contribution in [0.15, 0.2) is 115 Å². The smallest absolute Gasteiger partial charge is 0.343 e. The zero-order valence-corrected chi connectivity index (χ0v) is 30.6. The summed E-state index contributed by atoms with van der Waals surface area (Å²) in [6, 6.07) is 29.1. The van der Waals surface area contributed by atoms with Crippen LogP contribution in [0.4, 0.5) is 5.13 Å². The number of anilines is 1. The van der Waals surface area contributed by atoms with Gasteiger partial charge in [-0.2, -0.15) is 5.10 Å². The lowest BCUT2D eigenvalue weighted by molar-refractivity contribution is -0.0463. The van der Waals surface area contributed by atoms with Crippen molar-refractivity contribution in [3.05, 3.63) is 138 Å². The molecule has 0 saturated heterocycles. The Morgan fingerprint density at radius 2 is 1.58 bits per heavy atom. The minimum atomic E-state index is -0.549. The summed E-state index contributed by atoms with van der Waals surface area (Å²) >= 11 is 1.53. The Labute approximate surface area is 311 Å². The summed E-state index contributed by atoms with van der Waals surface area (Å²) in [6.07, 6.45) is 3.92. The predicted molar refractivity (Wildman–Crippen MR) is 209 cm³/mol. The number of carbonyl (C=O) groups excluding carboxylic acids is 2. The number of benzene rings is 5. The van der Waals surface area contributed by atoms with E-state index < -0.39 is 11.9 Å². The summed E-state index contributed by atoms with van der Waals surface area (Å²) in [7, 11) is 1.81. The van der Waals surface area contributed by atoms with Crippen LogP contribution in [0.2, 0.25) is 0 Å². The van der Waals surface area contributed by atoms with Crippen LogP contribution >= 0.6 is 11.3 Å². The Hall–Kier alpha value is -5.88. The topological polar surface area (TPSA) is 109 Å². The van der Waals surface area contributed by atoms with Crippen molar-refractivity contribution in [3.63, 3.8) is 0 Å². The third kappa shape index (κ3) is 9.72. The molecule has 53 heavy (non-hydrogen) atoms. The van der Waals surface area contributed by atoms with Crippen LogP contribution in [-0.4, -0.2) is 56.8 Å². The highest BCUT2D eigenvalue weighted by Crippen LogP contribution is 2.29. The lowest BCUT2D eigenvalue weighted by Gasteiger charge is -2.13. The van der Waals surface area contributed by atoms with Gasteiger partial charge in [-0.25, -0.2) is 19.6 Å². The van der Waals surface area contributed by atoms with E-state index in [4.69, 9.17) is 23.7 Å². The second-order valence-electron chi connectivity index (χ2n) is 12.1. The number of nitrogens with zero attached hydrogens (tertiary/aromatic N) is 3. The minimum absolute atomic E-state index is 0.181. The summed E-state index contributed by atoms with van der Waals surface area (Å²) in [6.45, 7) is 8.94. The fourth-order valence-electron chi connectivity index (χ4n) is 5.35. The number of hydrogen-bond donors (Lipinski definition) is 0. The van der Waals surface area contributed by atoms with Gasteiger partial charge in [-0.1, -0.05) is 59.4 Å². The second kappa shape index (κ2) is 17.6. The molecule has 10 nitrogen and oxygen atoms in total. The van der Waals surface area contributed by atoms with Crippen molar-refractivity contribution in [2.75, 3.05) is 38.7 Å². The molecule has 1 heterocycles. The molecule has 0 saturated carbocycles. The number of aryl methyl sites for hydroxylation is 2. The maximum absolute atomic E-state index is 13.4. The number of hydrazone groups is 1. The van der Waals surface area contributed by atoms with Crippen molar-refractivity contribution in [2.45, 2.75) is 20.3 Å². The molecule has 11 heteroatoms. The predicted octanol–water partition coefficient (Wildman–Crippen LogP) is 8.92. The maximum Gasteiger partial charge on any atom is 0.343 e. The van der Waals surface area contributed by atoms with Crippen molar-refractivity contribution >= 4 is 55.6 Å². The van der Waals surface area contributed by atoms with Crippen molar-refractivity contribution < 1.29 is 33.3 Å². The second-order valence-corrected chi connectivity index (χ2v) is 13.2. The lowest BCUT2D eigenvalue weighted by Crippen LogP contribution is -2.12. The average Bonchev–Trinajstić information content (AvgIpc) is 3.61. The first-order valence-corrected chi connectivity index (χ1v) is 17.8. The molecule has 0 aliphatic heterocycles. The van der Waals surface area contributed by atoms with Gasteiger partial charge in [-0.15, -0.1) is 6.58 Å². The molecule has 5 aromatic carbocycles. The number of ether oxygens (including phenoxy) is 5. The monoisotopic (exact) mass is 729 g/mol. The van der Waals surface area contributed by atoms with Crippen molar-refractivity contribution in [1.82, 2.24) is 4.98 Å². The highest BCUT2D eigenvalue weighted by Gasteiger charge is 2.15. The van der Waals surface area contributed by atoms with Crippen molar-refractivity contribution in [3.8, 4) is 17.2 Å². The maximum atomic E-state index is 13.4. The number of esters is 2. The van der Waals surface area contributed by atoms with Crippen LogP contribution in [0.1, 0.15) is 43.8 Å². The van der Waals surface area contributed by atoms with Gasteiger partial charge >= 0.3 is 11.9 Å². The Morgan fingerprint density at radius 1 is 0.830 bits per heavy atom. The Morgan fingerprint density at radius 3 is 2.42 bits per heavy atom. The third-order valence-corrected chi connectivity index (χ3v) is 9.16. The van der Waals surface area contributed by atoms with E-state index in [1.165, 1.54) is 11.3 Å². The van der Waals surface area contributed by atoms with E-state index in [0.717, 1.165) is 37.2 Å².